The Morgan fingerprint density at radius 3 is 2.84 bits per heavy atom. The summed E-state index contributed by atoms with van der Waals surface area (Å²) in [7, 11) is 0. The standard InChI is InChI=1S/C24H25N5OS/c1-24(2,3)23(30)29-10-7-15(8-11-29)20-13-17-18(6-9-25-22(17)28-20)27-16-4-5-19-21(12-16)31-14-26-19/h4-7,9,12-14H,8,10-11H2,1-3H3,(H2,25,27,28). The number of aromatic amines is 1. The maximum atomic E-state index is 12.6. The maximum absolute atomic E-state index is 12.6. The van der Waals surface area contributed by atoms with Crippen LogP contribution in [-0.2, 0) is 4.79 Å². The molecular weight excluding hydrogens is 406 g/mol. The van der Waals surface area contributed by atoms with Crippen molar-refractivity contribution in [1.29, 1.82) is 0 Å². The van der Waals surface area contributed by atoms with Crippen molar-refractivity contribution >= 4 is 55.4 Å². The van der Waals surface area contributed by atoms with Gasteiger partial charge in [-0.05, 0) is 42.3 Å². The number of nitrogens with zero attached hydrogens (tertiary/aromatic N) is 3. The third kappa shape index (κ3) is 3.81. The maximum Gasteiger partial charge on any atom is 0.228 e. The van der Waals surface area contributed by atoms with Gasteiger partial charge in [0, 0.05) is 41.5 Å². The predicted octanol–water partition coefficient (Wildman–Crippen LogP) is 5.58. The topological polar surface area (TPSA) is 73.9 Å². The number of benzene rings is 1. The van der Waals surface area contributed by atoms with Crippen molar-refractivity contribution in [3.63, 3.8) is 0 Å². The molecule has 1 amide bonds. The number of hydrogen-bond acceptors (Lipinski definition) is 5. The number of pyridine rings is 1. The highest BCUT2D eigenvalue weighted by Gasteiger charge is 2.28. The summed E-state index contributed by atoms with van der Waals surface area (Å²) in [5.41, 5.74) is 7.73. The second kappa shape index (κ2) is 7.50. The van der Waals surface area contributed by atoms with Gasteiger partial charge in [-0.15, -0.1) is 11.3 Å². The largest absolute Gasteiger partial charge is 0.355 e. The fourth-order valence-corrected chi connectivity index (χ4v) is 4.69. The van der Waals surface area contributed by atoms with Gasteiger partial charge in [0.1, 0.15) is 5.65 Å². The molecule has 31 heavy (non-hydrogen) atoms. The molecule has 6 nitrogen and oxygen atoms in total. The minimum Gasteiger partial charge on any atom is -0.355 e. The number of aromatic nitrogens is 3. The Labute approximate surface area is 185 Å². The number of carbonyl (C=O) groups is 1. The Balaban J connectivity index is 1.41. The highest BCUT2D eigenvalue weighted by molar-refractivity contribution is 7.16. The predicted molar refractivity (Wildman–Crippen MR) is 128 cm³/mol. The molecule has 0 saturated heterocycles. The van der Waals surface area contributed by atoms with Gasteiger partial charge in [0.15, 0.2) is 0 Å². The Kier molecular flexibility index (Phi) is 4.78. The average molecular weight is 432 g/mol. The van der Waals surface area contributed by atoms with E-state index < -0.39 is 0 Å². The van der Waals surface area contributed by atoms with Gasteiger partial charge in [-0.25, -0.2) is 9.97 Å². The highest BCUT2D eigenvalue weighted by atomic mass is 32.1. The number of amides is 1. The summed E-state index contributed by atoms with van der Waals surface area (Å²) in [5, 5.41) is 4.58. The summed E-state index contributed by atoms with van der Waals surface area (Å²) in [6, 6.07) is 10.4. The summed E-state index contributed by atoms with van der Waals surface area (Å²) in [4.78, 5) is 26.8. The van der Waals surface area contributed by atoms with Crippen LogP contribution in [0.2, 0.25) is 0 Å². The quantitative estimate of drug-likeness (QED) is 0.444. The molecule has 0 bridgehead atoms. The van der Waals surface area contributed by atoms with Crippen molar-refractivity contribution in [1.82, 2.24) is 19.9 Å². The van der Waals surface area contributed by atoms with Crippen LogP contribution in [0.5, 0.6) is 0 Å². The van der Waals surface area contributed by atoms with Crippen molar-refractivity contribution in [2.45, 2.75) is 27.2 Å². The van der Waals surface area contributed by atoms with E-state index in [1.54, 1.807) is 11.3 Å². The van der Waals surface area contributed by atoms with Gasteiger partial charge in [0.2, 0.25) is 5.91 Å². The van der Waals surface area contributed by atoms with Crippen molar-refractivity contribution in [2.24, 2.45) is 5.41 Å². The Morgan fingerprint density at radius 2 is 2.06 bits per heavy atom. The molecule has 0 saturated carbocycles. The Bertz CT molecular complexity index is 1310. The van der Waals surface area contributed by atoms with E-state index in [9.17, 15) is 4.79 Å². The lowest BCUT2D eigenvalue weighted by atomic mass is 9.93. The number of H-pyrrole nitrogens is 1. The van der Waals surface area contributed by atoms with Crippen molar-refractivity contribution in [3.8, 4) is 0 Å². The van der Waals surface area contributed by atoms with Gasteiger partial charge in [0.05, 0.1) is 21.4 Å². The molecule has 4 aromatic rings. The van der Waals surface area contributed by atoms with Crippen LogP contribution in [0.4, 0.5) is 11.4 Å². The third-order valence-electron chi connectivity index (χ3n) is 5.63. The number of nitrogens with one attached hydrogen (secondary N) is 2. The Hall–Kier alpha value is -3.19. The first kappa shape index (κ1) is 19.8. The van der Waals surface area contributed by atoms with Crippen LogP contribution in [0.3, 0.4) is 0 Å². The lowest BCUT2D eigenvalue weighted by Crippen LogP contribution is -2.41. The lowest BCUT2D eigenvalue weighted by molar-refractivity contribution is -0.139. The van der Waals surface area contributed by atoms with E-state index in [1.165, 1.54) is 5.57 Å². The molecule has 4 heterocycles. The number of hydrogen-bond donors (Lipinski definition) is 2. The summed E-state index contributed by atoms with van der Waals surface area (Å²) < 4.78 is 1.16. The second-order valence-electron chi connectivity index (χ2n) is 8.94. The van der Waals surface area contributed by atoms with Crippen LogP contribution in [0, 0.1) is 5.41 Å². The molecule has 0 spiro atoms. The van der Waals surface area contributed by atoms with Gasteiger partial charge < -0.3 is 15.2 Å². The van der Waals surface area contributed by atoms with Crippen molar-refractivity contribution in [2.75, 3.05) is 18.4 Å². The van der Waals surface area contributed by atoms with Crippen molar-refractivity contribution < 1.29 is 4.79 Å². The summed E-state index contributed by atoms with van der Waals surface area (Å²) in [5.74, 6) is 0.200. The van der Waals surface area contributed by atoms with E-state index in [4.69, 9.17) is 0 Å². The molecule has 2 N–H and O–H groups in total. The van der Waals surface area contributed by atoms with E-state index in [0.717, 1.165) is 51.3 Å². The summed E-state index contributed by atoms with van der Waals surface area (Å²) in [6.45, 7) is 7.30. The van der Waals surface area contributed by atoms with E-state index >= 15 is 0 Å². The first-order chi connectivity index (χ1) is 14.9. The molecule has 0 unspecified atom stereocenters. The fourth-order valence-electron chi connectivity index (χ4n) is 3.97. The molecular formula is C24H25N5OS. The van der Waals surface area contributed by atoms with E-state index in [2.05, 4.69) is 38.5 Å². The zero-order valence-electron chi connectivity index (χ0n) is 17.9. The molecule has 1 aromatic carbocycles. The second-order valence-corrected chi connectivity index (χ2v) is 9.83. The molecule has 1 aliphatic heterocycles. The number of carbonyl (C=O) groups excluding carboxylic acids is 1. The normalized spacial score (nSPS) is 14.8. The third-order valence-corrected chi connectivity index (χ3v) is 6.42. The Morgan fingerprint density at radius 1 is 1.19 bits per heavy atom. The summed E-state index contributed by atoms with van der Waals surface area (Å²) in [6.07, 6.45) is 4.80. The molecule has 0 radical (unpaired) electrons. The van der Waals surface area contributed by atoms with Crippen LogP contribution in [0.15, 0.2) is 48.1 Å². The van der Waals surface area contributed by atoms with Gasteiger partial charge >= 0.3 is 0 Å². The fraction of sp³-hybridized carbons (Fsp3) is 0.292. The SMILES string of the molecule is CC(C)(C)C(=O)N1CC=C(c2cc3c(Nc4ccc5ncsc5c4)ccnc3[nH]2)CC1. The molecule has 158 valence electrons. The minimum absolute atomic E-state index is 0.200. The molecule has 5 rings (SSSR count). The van der Waals surface area contributed by atoms with E-state index in [1.807, 2.05) is 55.6 Å². The van der Waals surface area contributed by atoms with Gasteiger partial charge in [-0.1, -0.05) is 26.8 Å². The molecule has 3 aromatic heterocycles. The van der Waals surface area contributed by atoms with Crippen LogP contribution >= 0.6 is 11.3 Å². The molecule has 0 fully saturated rings. The minimum atomic E-state index is -0.348. The monoisotopic (exact) mass is 431 g/mol. The van der Waals surface area contributed by atoms with Crippen LogP contribution in [0.1, 0.15) is 32.9 Å². The number of thiazole rings is 1. The number of rotatable bonds is 3. The molecule has 0 atom stereocenters. The van der Waals surface area contributed by atoms with E-state index in [-0.39, 0.29) is 11.3 Å². The molecule has 7 heteroatoms. The van der Waals surface area contributed by atoms with Crippen molar-refractivity contribution in [3.05, 3.63) is 53.8 Å². The summed E-state index contributed by atoms with van der Waals surface area (Å²) >= 11 is 1.64. The number of fused-ring (bicyclic) bond motifs is 2. The zero-order chi connectivity index (χ0) is 21.6. The van der Waals surface area contributed by atoms with Gasteiger partial charge in [0.25, 0.3) is 0 Å². The van der Waals surface area contributed by atoms with Gasteiger partial charge in [-0.2, -0.15) is 0 Å². The average Bonchev–Trinajstić information content (AvgIpc) is 3.40. The molecule has 1 aliphatic rings. The van der Waals surface area contributed by atoms with Crippen LogP contribution in [0.25, 0.3) is 26.8 Å². The zero-order valence-corrected chi connectivity index (χ0v) is 18.7. The number of anilines is 2. The van der Waals surface area contributed by atoms with E-state index in [0.29, 0.717) is 6.54 Å². The van der Waals surface area contributed by atoms with Crippen LogP contribution < -0.4 is 5.32 Å². The highest BCUT2D eigenvalue weighted by Crippen LogP contribution is 2.32. The first-order valence-electron chi connectivity index (χ1n) is 10.5. The van der Waals surface area contributed by atoms with Crippen LogP contribution in [-0.4, -0.2) is 38.8 Å². The smallest absolute Gasteiger partial charge is 0.228 e. The first-order valence-corrected chi connectivity index (χ1v) is 11.3. The van der Waals surface area contributed by atoms with Gasteiger partial charge in [-0.3, -0.25) is 4.79 Å². The molecule has 0 aliphatic carbocycles. The lowest BCUT2D eigenvalue weighted by Gasteiger charge is -2.31.